The highest BCUT2D eigenvalue weighted by atomic mass is 79.9. The molecule has 1 N–H and O–H groups in total. The molecular formula is C15H20BrFN2O. The molecule has 1 rings (SSSR count). The van der Waals surface area contributed by atoms with Crippen LogP contribution in [0.25, 0.3) is 0 Å². The largest absolute Gasteiger partial charge is 0.273 e. The van der Waals surface area contributed by atoms with Crippen molar-refractivity contribution in [1.29, 1.82) is 0 Å². The van der Waals surface area contributed by atoms with Crippen molar-refractivity contribution in [1.82, 2.24) is 5.43 Å². The Kier molecular flexibility index (Phi) is 8.11. The zero-order valence-corrected chi connectivity index (χ0v) is 13.2. The van der Waals surface area contributed by atoms with Crippen LogP contribution in [0.3, 0.4) is 0 Å². The summed E-state index contributed by atoms with van der Waals surface area (Å²) in [5.41, 5.74) is 3.20. The van der Waals surface area contributed by atoms with Gasteiger partial charge in [-0.3, -0.25) is 4.79 Å². The number of rotatable bonds is 8. The maximum atomic E-state index is 13.0. The highest BCUT2D eigenvalue weighted by molar-refractivity contribution is 9.10. The average molecular weight is 343 g/mol. The van der Waals surface area contributed by atoms with E-state index in [4.69, 9.17) is 0 Å². The first-order valence-electron chi connectivity index (χ1n) is 6.90. The van der Waals surface area contributed by atoms with Gasteiger partial charge in [-0.2, -0.15) is 5.10 Å². The van der Waals surface area contributed by atoms with Crippen LogP contribution in [0.4, 0.5) is 4.39 Å². The molecule has 0 heterocycles. The second-order valence-corrected chi connectivity index (χ2v) is 5.49. The van der Waals surface area contributed by atoms with Crippen LogP contribution in [0, 0.1) is 5.82 Å². The maximum absolute atomic E-state index is 13.0. The van der Waals surface area contributed by atoms with E-state index in [1.165, 1.54) is 31.5 Å². The Labute approximate surface area is 127 Å². The number of carbonyl (C=O) groups is 1. The van der Waals surface area contributed by atoms with Crippen LogP contribution in [-0.4, -0.2) is 12.1 Å². The van der Waals surface area contributed by atoms with Gasteiger partial charge in [0.1, 0.15) is 5.82 Å². The monoisotopic (exact) mass is 342 g/mol. The molecule has 0 aliphatic heterocycles. The van der Waals surface area contributed by atoms with Gasteiger partial charge < -0.3 is 0 Å². The lowest BCUT2D eigenvalue weighted by Gasteiger charge is -2.00. The van der Waals surface area contributed by atoms with Crippen molar-refractivity contribution in [3.63, 3.8) is 0 Å². The molecule has 5 heteroatoms. The molecule has 1 aromatic carbocycles. The lowest BCUT2D eigenvalue weighted by atomic mass is 10.1. The Morgan fingerprint density at radius 3 is 2.80 bits per heavy atom. The minimum absolute atomic E-state index is 0.0843. The van der Waals surface area contributed by atoms with Crippen LogP contribution in [0.1, 0.15) is 51.0 Å². The Bertz CT molecular complexity index is 463. The van der Waals surface area contributed by atoms with E-state index in [9.17, 15) is 9.18 Å². The van der Waals surface area contributed by atoms with Crippen molar-refractivity contribution >= 4 is 28.1 Å². The fraction of sp³-hybridized carbons (Fsp3) is 0.467. The molecule has 0 spiro atoms. The van der Waals surface area contributed by atoms with Crippen LogP contribution in [0.2, 0.25) is 0 Å². The van der Waals surface area contributed by atoms with Crippen molar-refractivity contribution in [2.24, 2.45) is 5.10 Å². The van der Waals surface area contributed by atoms with E-state index < -0.39 is 0 Å². The quantitative estimate of drug-likeness (QED) is 0.424. The molecule has 1 aromatic rings. The topological polar surface area (TPSA) is 41.5 Å². The van der Waals surface area contributed by atoms with Gasteiger partial charge in [0.25, 0.3) is 0 Å². The van der Waals surface area contributed by atoms with E-state index in [0.29, 0.717) is 10.9 Å². The number of hydrogen-bond donors (Lipinski definition) is 1. The highest BCUT2D eigenvalue weighted by Crippen LogP contribution is 2.15. The fourth-order valence-electron chi connectivity index (χ4n) is 1.72. The summed E-state index contributed by atoms with van der Waals surface area (Å²) in [7, 11) is 0. The number of nitrogens with one attached hydrogen (secondary N) is 1. The van der Waals surface area contributed by atoms with Crippen LogP contribution in [0.15, 0.2) is 27.8 Å². The number of carbonyl (C=O) groups excluding carboxylic acids is 1. The molecule has 0 bridgehead atoms. The van der Waals surface area contributed by atoms with Crippen LogP contribution >= 0.6 is 15.9 Å². The SMILES string of the molecule is CCCCCCCC(=O)NN=Cc1ccc(F)c(Br)c1. The highest BCUT2D eigenvalue weighted by Gasteiger charge is 2.00. The number of benzene rings is 1. The lowest BCUT2D eigenvalue weighted by molar-refractivity contribution is -0.121. The van der Waals surface area contributed by atoms with E-state index in [-0.39, 0.29) is 11.7 Å². The lowest BCUT2D eigenvalue weighted by Crippen LogP contribution is -2.16. The predicted molar refractivity (Wildman–Crippen MR) is 83.2 cm³/mol. The fourth-order valence-corrected chi connectivity index (χ4v) is 2.11. The predicted octanol–water partition coefficient (Wildman–Crippen LogP) is 4.40. The Morgan fingerprint density at radius 2 is 2.10 bits per heavy atom. The van der Waals surface area contributed by atoms with E-state index in [2.05, 4.69) is 33.4 Å². The van der Waals surface area contributed by atoms with E-state index >= 15 is 0 Å². The van der Waals surface area contributed by atoms with Gasteiger partial charge in [0.05, 0.1) is 10.7 Å². The van der Waals surface area contributed by atoms with Crippen molar-refractivity contribution in [3.8, 4) is 0 Å². The van der Waals surface area contributed by atoms with Gasteiger partial charge in [-0.1, -0.05) is 38.7 Å². The molecule has 0 unspecified atom stereocenters. The average Bonchev–Trinajstić information content (AvgIpc) is 2.42. The molecule has 1 amide bonds. The van der Waals surface area contributed by atoms with Gasteiger partial charge in [0.15, 0.2) is 0 Å². The maximum Gasteiger partial charge on any atom is 0.240 e. The van der Waals surface area contributed by atoms with Gasteiger partial charge >= 0.3 is 0 Å². The number of hydrogen-bond acceptors (Lipinski definition) is 2. The van der Waals surface area contributed by atoms with Crippen molar-refractivity contribution in [2.75, 3.05) is 0 Å². The molecule has 3 nitrogen and oxygen atoms in total. The number of halogens is 2. The number of unbranched alkanes of at least 4 members (excludes halogenated alkanes) is 4. The van der Waals surface area contributed by atoms with Gasteiger partial charge in [-0.25, -0.2) is 9.82 Å². The molecule has 0 fully saturated rings. The number of amides is 1. The summed E-state index contributed by atoms with van der Waals surface area (Å²) in [5.74, 6) is -0.405. The molecule has 0 atom stereocenters. The molecule has 0 aliphatic carbocycles. The standard InChI is InChI=1S/C15H20BrFN2O/c1-2-3-4-5-6-7-15(20)19-18-11-12-8-9-14(17)13(16)10-12/h8-11H,2-7H2,1H3,(H,19,20). The Balaban J connectivity index is 2.26. The van der Waals surface area contributed by atoms with Gasteiger partial charge in [-0.05, 0) is 40.0 Å². The van der Waals surface area contributed by atoms with Crippen molar-refractivity contribution < 1.29 is 9.18 Å². The zero-order chi connectivity index (χ0) is 14.8. The third-order valence-corrected chi connectivity index (χ3v) is 3.46. The van der Waals surface area contributed by atoms with Crippen molar-refractivity contribution in [3.05, 3.63) is 34.1 Å². The summed E-state index contributed by atoms with van der Waals surface area (Å²) in [4.78, 5) is 11.5. The molecule has 0 saturated carbocycles. The van der Waals surface area contributed by atoms with Gasteiger partial charge in [-0.15, -0.1) is 0 Å². The summed E-state index contributed by atoms with van der Waals surface area (Å²) < 4.78 is 13.4. The molecule has 0 aliphatic rings. The third kappa shape index (κ3) is 6.80. The van der Waals surface area contributed by atoms with Gasteiger partial charge in [0.2, 0.25) is 5.91 Å². The first-order valence-corrected chi connectivity index (χ1v) is 7.69. The second kappa shape index (κ2) is 9.64. The van der Waals surface area contributed by atoms with Gasteiger partial charge in [0, 0.05) is 6.42 Å². The Hall–Kier alpha value is -1.23. The van der Waals surface area contributed by atoms with E-state index in [1.54, 1.807) is 12.1 Å². The number of hydrazone groups is 1. The summed E-state index contributed by atoms with van der Waals surface area (Å²) in [5, 5.41) is 3.86. The van der Waals surface area contributed by atoms with Crippen LogP contribution < -0.4 is 5.43 Å². The summed E-state index contributed by atoms with van der Waals surface area (Å²) in [6.07, 6.45) is 7.56. The van der Waals surface area contributed by atoms with Crippen LogP contribution in [-0.2, 0) is 4.79 Å². The minimum atomic E-state index is -0.321. The molecule has 0 aromatic heterocycles. The van der Waals surface area contributed by atoms with Crippen LogP contribution in [0.5, 0.6) is 0 Å². The normalized spacial score (nSPS) is 10.9. The molecule has 110 valence electrons. The van der Waals surface area contributed by atoms with E-state index in [0.717, 1.165) is 18.4 Å². The third-order valence-electron chi connectivity index (χ3n) is 2.85. The minimum Gasteiger partial charge on any atom is -0.273 e. The first kappa shape index (κ1) is 16.8. The second-order valence-electron chi connectivity index (χ2n) is 4.63. The van der Waals surface area contributed by atoms with E-state index in [1.807, 2.05) is 0 Å². The van der Waals surface area contributed by atoms with Crippen molar-refractivity contribution in [2.45, 2.75) is 45.4 Å². The summed E-state index contributed by atoms with van der Waals surface area (Å²) >= 11 is 3.10. The molecule has 0 saturated heterocycles. The zero-order valence-electron chi connectivity index (χ0n) is 11.7. The Morgan fingerprint density at radius 1 is 1.35 bits per heavy atom. The smallest absolute Gasteiger partial charge is 0.240 e. The molecule has 20 heavy (non-hydrogen) atoms. The summed E-state index contributed by atoms with van der Waals surface area (Å²) in [6.45, 7) is 2.16. The molecular weight excluding hydrogens is 323 g/mol. The first-order chi connectivity index (χ1) is 9.63. The molecule has 0 radical (unpaired) electrons. The summed E-state index contributed by atoms with van der Waals surface area (Å²) in [6, 6.07) is 4.55. The number of nitrogens with zero attached hydrogens (tertiary/aromatic N) is 1.